The lowest BCUT2D eigenvalue weighted by Gasteiger charge is -2.04. The number of carboxylic acids is 1. The maximum Gasteiger partial charge on any atom is 0.303 e. The van der Waals surface area contributed by atoms with Crippen molar-refractivity contribution in [3.63, 3.8) is 0 Å². The van der Waals surface area contributed by atoms with E-state index in [-0.39, 0.29) is 6.17 Å². The summed E-state index contributed by atoms with van der Waals surface area (Å²) in [5.41, 5.74) is 10.9. The number of aliphatic carboxylic acids is 1. The first kappa shape index (κ1) is 29.6. The first-order chi connectivity index (χ1) is 13.5. The summed E-state index contributed by atoms with van der Waals surface area (Å²) in [6, 6.07) is 0. The van der Waals surface area contributed by atoms with Gasteiger partial charge in [0.15, 0.2) is 0 Å². The summed E-state index contributed by atoms with van der Waals surface area (Å²) in [7, 11) is 0. The van der Waals surface area contributed by atoms with Gasteiger partial charge in [-0.3, -0.25) is 4.79 Å². The smallest absolute Gasteiger partial charge is 0.303 e. The van der Waals surface area contributed by atoms with Crippen molar-refractivity contribution in [2.75, 3.05) is 0 Å². The van der Waals surface area contributed by atoms with Crippen molar-refractivity contribution < 1.29 is 9.90 Å². The van der Waals surface area contributed by atoms with Gasteiger partial charge in [-0.15, -0.1) is 0 Å². The van der Waals surface area contributed by atoms with Crippen LogP contribution in [0.4, 0.5) is 0 Å². The van der Waals surface area contributed by atoms with Crippen molar-refractivity contribution in [1.82, 2.24) is 0 Å². The van der Waals surface area contributed by atoms with Crippen molar-refractivity contribution in [3.05, 3.63) is 0 Å². The van der Waals surface area contributed by atoms with Gasteiger partial charge in [0.2, 0.25) is 0 Å². The number of rotatable bonds is 20. The fraction of sp³-hybridized carbons (Fsp3) is 0.958. The van der Waals surface area contributed by atoms with E-state index >= 15 is 0 Å². The minimum atomic E-state index is -0.659. The highest BCUT2D eigenvalue weighted by atomic mass is 16.4. The van der Waals surface area contributed by atoms with Gasteiger partial charge in [-0.05, 0) is 12.8 Å². The Kier molecular flexibility index (Phi) is 27.9. The molecule has 0 atom stereocenters. The second kappa shape index (κ2) is 26.4. The molecule has 5 N–H and O–H groups in total. The highest BCUT2D eigenvalue weighted by Crippen LogP contribution is 2.11. The van der Waals surface area contributed by atoms with E-state index < -0.39 is 5.97 Å². The Hall–Kier alpha value is -0.610. The maximum atomic E-state index is 10.2. The summed E-state index contributed by atoms with van der Waals surface area (Å²) in [5.74, 6) is -0.659. The van der Waals surface area contributed by atoms with Crippen LogP contribution in [-0.4, -0.2) is 17.2 Å². The number of carbonyl (C=O) groups is 1. The third kappa shape index (κ3) is 33.0. The van der Waals surface area contributed by atoms with E-state index in [0.29, 0.717) is 6.42 Å². The van der Waals surface area contributed by atoms with Crippen LogP contribution in [0, 0.1) is 0 Å². The van der Waals surface area contributed by atoms with Crippen LogP contribution in [0.5, 0.6) is 0 Å². The fourth-order valence-electron chi connectivity index (χ4n) is 3.28. The summed E-state index contributed by atoms with van der Waals surface area (Å²) in [6.07, 6.45) is 24.6. The van der Waals surface area contributed by atoms with Gasteiger partial charge >= 0.3 is 5.97 Å². The molecular formula is C24H52N2O2. The van der Waals surface area contributed by atoms with Crippen molar-refractivity contribution in [2.24, 2.45) is 11.5 Å². The van der Waals surface area contributed by atoms with Gasteiger partial charge in [0.25, 0.3) is 0 Å². The monoisotopic (exact) mass is 400 g/mol. The molecule has 0 unspecified atom stereocenters. The third-order valence-corrected chi connectivity index (χ3v) is 5.14. The van der Waals surface area contributed by atoms with Crippen molar-refractivity contribution >= 4 is 5.97 Å². The van der Waals surface area contributed by atoms with Gasteiger partial charge in [0, 0.05) is 6.42 Å². The molecule has 0 rings (SSSR count). The molecule has 0 aliphatic rings. The average Bonchev–Trinajstić information content (AvgIpc) is 2.65. The van der Waals surface area contributed by atoms with E-state index in [1.54, 1.807) is 0 Å². The molecule has 4 heteroatoms. The van der Waals surface area contributed by atoms with Crippen LogP contribution in [0.2, 0.25) is 0 Å². The SMILES string of the molecule is CCCCCCCCCCCC(=O)O.CCCCCCCCCCCC(N)N. The summed E-state index contributed by atoms with van der Waals surface area (Å²) < 4.78 is 0. The predicted molar refractivity (Wildman–Crippen MR) is 123 cm³/mol. The topological polar surface area (TPSA) is 89.3 Å². The Morgan fingerprint density at radius 1 is 0.607 bits per heavy atom. The molecule has 0 aliphatic heterocycles. The molecule has 0 spiro atoms. The third-order valence-electron chi connectivity index (χ3n) is 5.14. The zero-order chi connectivity index (χ0) is 21.3. The molecule has 0 aromatic heterocycles. The van der Waals surface area contributed by atoms with Crippen molar-refractivity contribution in [1.29, 1.82) is 0 Å². The molecule has 4 nitrogen and oxygen atoms in total. The maximum absolute atomic E-state index is 10.2. The molecule has 170 valence electrons. The van der Waals surface area contributed by atoms with Crippen LogP contribution in [0.25, 0.3) is 0 Å². The Balaban J connectivity index is 0. The van der Waals surface area contributed by atoms with Crippen LogP contribution in [0.1, 0.15) is 142 Å². The number of nitrogens with two attached hydrogens (primary N) is 2. The van der Waals surface area contributed by atoms with E-state index in [9.17, 15) is 4.79 Å². The molecule has 0 bridgehead atoms. The van der Waals surface area contributed by atoms with E-state index in [1.807, 2.05) is 0 Å². The van der Waals surface area contributed by atoms with Crippen LogP contribution in [0.3, 0.4) is 0 Å². The summed E-state index contributed by atoms with van der Waals surface area (Å²) in [6.45, 7) is 4.49. The largest absolute Gasteiger partial charge is 0.481 e. The van der Waals surface area contributed by atoms with Crippen molar-refractivity contribution in [2.45, 2.75) is 148 Å². The summed E-state index contributed by atoms with van der Waals surface area (Å²) >= 11 is 0. The average molecular weight is 401 g/mol. The van der Waals surface area contributed by atoms with Gasteiger partial charge in [-0.1, -0.05) is 123 Å². The minimum Gasteiger partial charge on any atom is -0.481 e. The molecule has 0 amide bonds. The second-order valence-electron chi connectivity index (χ2n) is 8.25. The number of carboxylic acid groups (broad SMARTS) is 1. The van der Waals surface area contributed by atoms with Gasteiger partial charge in [0.05, 0.1) is 6.17 Å². The number of unbranched alkanes of at least 4 members (excludes halogenated alkanes) is 16. The highest BCUT2D eigenvalue weighted by Gasteiger charge is 1.96. The molecule has 0 heterocycles. The zero-order valence-electron chi connectivity index (χ0n) is 19.2. The van der Waals surface area contributed by atoms with Gasteiger partial charge in [0.1, 0.15) is 0 Å². The van der Waals surface area contributed by atoms with Gasteiger partial charge < -0.3 is 16.6 Å². The normalized spacial score (nSPS) is 10.8. The molecular weight excluding hydrogens is 348 g/mol. The standard InChI is InChI=1S/C12H28N2.C12H24O2/c2*1-2-3-4-5-6-7-8-9-10-11-12(13)14/h12H,2-11,13-14H2,1H3;2-11H2,1H3,(H,13,14). The van der Waals surface area contributed by atoms with E-state index in [1.165, 1.54) is 103 Å². The molecule has 0 radical (unpaired) electrons. The van der Waals surface area contributed by atoms with Crippen LogP contribution in [0.15, 0.2) is 0 Å². The summed E-state index contributed by atoms with van der Waals surface area (Å²) in [5, 5.41) is 8.41. The molecule has 0 fully saturated rings. The molecule has 0 saturated carbocycles. The van der Waals surface area contributed by atoms with E-state index in [2.05, 4.69) is 13.8 Å². The van der Waals surface area contributed by atoms with Gasteiger partial charge in [-0.2, -0.15) is 0 Å². The lowest BCUT2D eigenvalue weighted by molar-refractivity contribution is -0.137. The Bertz CT molecular complexity index is 296. The first-order valence-corrected chi connectivity index (χ1v) is 12.3. The van der Waals surface area contributed by atoms with Gasteiger partial charge in [-0.25, -0.2) is 0 Å². The molecule has 0 saturated heterocycles. The summed E-state index contributed by atoms with van der Waals surface area (Å²) in [4.78, 5) is 10.2. The quantitative estimate of drug-likeness (QED) is 0.150. The number of hydrogen-bond acceptors (Lipinski definition) is 3. The molecule has 0 aliphatic carbocycles. The van der Waals surface area contributed by atoms with Crippen molar-refractivity contribution in [3.8, 4) is 0 Å². The van der Waals surface area contributed by atoms with E-state index in [4.69, 9.17) is 16.6 Å². The fourth-order valence-corrected chi connectivity index (χ4v) is 3.28. The molecule has 0 aromatic rings. The number of hydrogen-bond donors (Lipinski definition) is 3. The lowest BCUT2D eigenvalue weighted by Crippen LogP contribution is -2.29. The first-order valence-electron chi connectivity index (χ1n) is 12.3. The van der Waals surface area contributed by atoms with Crippen LogP contribution in [-0.2, 0) is 4.79 Å². The molecule has 28 heavy (non-hydrogen) atoms. The van der Waals surface area contributed by atoms with Crippen LogP contribution < -0.4 is 11.5 Å². The Morgan fingerprint density at radius 3 is 1.25 bits per heavy atom. The highest BCUT2D eigenvalue weighted by molar-refractivity contribution is 5.66. The zero-order valence-corrected chi connectivity index (χ0v) is 19.2. The lowest BCUT2D eigenvalue weighted by atomic mass is 10.1. The van der Waals surface area contributed by atoms with E-state index in [0.717, 1.165) is 19.3 Å². The Morgan fingerprint density at radius 2 is 0.929 bits per heavy atom. The Labute approximate surface area is 176 Å². The minimum absolute atomic E-state index is 0.0976. The molecule has 0 aromatic carbocycles. The van der Waals surface area contributed by atoms with Crippen LogP contribution >= 0.6 is 0 Å². The second-order valence-corrected chi connectivity index (χ2v) is 8.25. The predicted octanol–water partition coefficient (Wildman–Crippen LogP) is 7.14.